The minimum atomic E-state index is 0.433. The molecule has 0 radical (unpaired) electrons. The van der Waals surface area contributed by atoms with Gasteiger partial charge in [0.1, 0.15) is 17.5 Å². The molecule has 2 aromatic rings. The normalized spacial score (nSPS) is 15.2. The van der Waals surface area contributed by atoms with E-state index in [4.69, 9.17) is 10.00 Å². The lowest BCUT2D eigenvalue weighted by molar-refractivity contribution is 0.215. The topological polar surface area (TPSA) is 74.9 Å². The number of rotatable bonds is 4. The van der Waals surface area contributed by atoms with E-state index in [-0.39, 0.29) is 0 Å². The highest BCUT2D eigenvalue weighted by Crippen LogP contribution is 2.24. The van der Waals surface area contributed by atoms with Gasteiger partial charge in [-0.2, -0.15) is 5.26 Å². The molecule has 0 spiro atoms. The van der Waals surface area contributed by atoms with Gasteiger partial charge in [0.25, 0.3) is 0 Å². The Morgan fingerprint density at radius 3 is 2.74 bits per heavy atom. The Balaban J connectivity index is 1.54. The van der Waals surface area contributed by atoms with Crippen LogP contribution in [0.15, 0.2) is 30.7 Å². The number of hydrogen-bond acceptors (Lipinski definition) is 6. The molecule has 1 aliphatic rings. The van der Waals surface area contributed by atoms with E-state index in [0.717, 1.165) is 37.4 Å². The van der Waals surface area contributed by atoms with Gasteiger partial charge in [-0.05, 0) is 37.8 Å². The molecule has 0 atom stereocenters. The molecule has 118 valence electrons. The highest BCUT2D eigenvalue weighted by Gasteiger charge is 2.22. The second-order valence-corrected chi connectivity index (χ2v) is 5.67. The second kappa shape index (κ2) is 7.05. The summed E-state index contributed by atoms with van der Waals surface area (Å²) in [6.45, 7) is 4.47. The highest BCUT2D eigenvalue weighted by atomic mass is 16.5. The molecule has 0 saturated carbocycles. The molecule has 0 aliphatic carbocycles. The van der Waals surface area contributed by atoms with Crippen LogP contribution in [0.4, 0.5) is 5.82 Å². The Kier molecular flexibility index (Phi) is 4.67. The first-order valence-electron chi connectivity index (χ1n) is 7.78. The van der Waals surface area contributed by atoms with Gasteiger partial charge < -0.3 is 9.64 Å². The Morgan fingerprint density at radius 2 is 2.00 bits per heavy atom. The average Bonchev–Trinajstić information content (AvgIpc) is 2.61. The van der Waals surface area contributed by atoms with E-state index in [1.807, 2.05) is 6.92 Å². The lowest BCUT2D eigenvalue weighted by Gasteiger charge is -2.33. The van der Waals surface area contributed by atoms with Crippen LogP contribution in [-0.4, -0.2) is 34.6 Å². The van der Waals surface area contributed by atoms with E-state index < -0.39 is 0 Å². The molecule has 1 saturated heterocycles. The Hall–Kier alpha value is -2.68. The minimum absolute atomic E-state index is 0.433. The summed E-state index contributed by atoms with van der Waals surface area (Å²) in [5, 5.41) is 9.05. The fourth-order valence-corrected chi connectivity index (χ4v) is 2.81. The van der Waals surface area contributed by atoms with Crippen molar-refractivity contribution in [3.8, 4) is 11.9 Å². The van der Waals surface area contributed by atoms with Crippen molar-refractivity contribution in [1.82, 2.24) is 15.0 Å². The van der Waals surface area contributed by atoms with Crippen LogP contribution in [0.2, 0.25) is 0 Å². The summed E-state index contributed by atoms with van der Waals surface area (Å²) in [4.78, 5) is 15.1. The molecule has 23 heavy (non-hydrogen) atoms. The maximum atomic E-state index is 9.05. The van der Waals surface area contributed by atoms with Crippen LogP contribution in [-0.2, 0) is 0 Å². The maximum Gasteiger partial charge on any atom is 0.231 e. The van der Waals surface area contributed by atoms with Crippen LogP contribution in [0.1, 0.15) is 24.1 Å². The van der Waals surface area contributed by atoms with Crippen molar-refractivity contribution >= 4 is 5.82 Å². The first-order chi connectivity index (χ1) is 11.3. The Bertz CT molecular complexity index is 704. The fourth-order valence-electron chi connectivity index (χ4n) is 2.81. The molecule has 0 N–H and O–H groups in total. The Labute approximate surface area is 135 Å². The van der Waals surface area contributed by atoms with Gasteiger partial charge in [-0.1, -0.05) is 0 Å². The SMILES string of the molecule is Cc1nccnc1N1CCC(COc2ncccc2C#N)CC1. The molecule has 2 aromatic heterocycles. The number of nitriles is 1. The lowest BCUT2D eigenvalue weighted by atomic mass is 9.98. The summed E-state index contributed by atoms with van der Waals surface area (Å²) < 4.78 is 5.75. The van der Waals surface area contributed by atoms with E-state index in [0.29, 0.717) is 24.0 Å². The van der Waals surface area contributed by atoms with E-state index in [9.17, 15) is 0 Å². The highest BCUT2D eigenvalue weighted by molar-refractivity contribution is 5.42. The van der Waals surface area contributed by atoms with Crippen molar-refractivity contribution in [1.29, 1.82) is 5.26 Å². The third-order valence-corrected chi connectivity index (χ3v) is 4.12. The number of aromatic nitrogens is 3. The largest absolute Gasteiger partial charge is 0.476 e. The number of hydrogen-bond donors (Lipinski definition) is 0. The van der Waals surface area contributed by atoms with Crippen LogP contribution in [0.5, 0.6) is 5.88 Å². The molecular weight excluding hydrogens is 290 g/mol. The summed E-state index contributed by atoms with van der Waals surface area (Å²) in [7, 11) is 0. The van der Waals surface area contributed by atoms with Crippen molar-refractivity contribution in [2.45, 2.75) is 19.8 Å². The van der Waals surface area contributed by atoms with Gasteiger partial charge in [-0.3, -0.25) is 4.98 Å². The molecular formula is C17H19N5O. The number of piperidine rings is 1. The first kappa shape index (κ1) is 15.2. The van der Waals surface area contributed by atoms with Crippen molar-refractivity contribution in [2.24, 2.45) is 5.92 Å². The van der Waals surface area contributed by atoms with Gasteiger partial charge in [0.15, 0.2) is 0 Å². The number of aryl methyl sites for hydroxylation is 1. The van der Waals surface area contributed by atoms with E-state index in [1.165, 1.54) is 0 Å². The molecule has 0 amide bonds. The smallest absolute Gasteiger partial charge is 0.231 e. The van der Waals surface area contributed by atoms with Crippen molar-refractivity contribution in [3.63, 3.8) is 0 Å². The summed E-state index contributed by atoms with van der Waals surface area (Å²) in [5.74, 6) is 1.88. The molecule has 3 rings (SSSR count). The maximum absolute atomic E-state index is 9.05. The van der Waals surface area contributed by atoms with E-state index in [2.05, 4.69) is 25.9 Å². The Morgan fingerprint density at radius 1 is 1.22 bits per heavy atom. The standard InChI is InChI=1S/C17H19N5O/c1-13-16(20-8-7-19-13)22-9-4-14(5-10-22)12-23-17-15(11-18)3-2-6-21-17/h2-3,6-8,14H,4-5,9-10,12H2,1H3. The van der Waals surface area contributed by atoms with Gasteiger partial charge in [0.05, 0.1) is 12.3 Å². The first-order valence-corrected chi connectivity index (χ1v) is 7.78. The minimum Gasteiger partial charge on any atom is -0.476 e. The monoisotopic (exact) mass is 309 g/mol. The van der Waals surface area contributed by atoms with E-state index in [1.54, 1.807) is 30.7 Å². The fraction of sp³-hybridized carbons (Fsp3) is 0.412. The summed E-state index contributed by atoms with van der Waals surface area (Å²) in [5.41, 5.74) is 1.45. The van der Waals surface area contributed by atoms with Gasteiger partial charge in [-0.15, -0.1) is 0 Å². The quantitative estimate of drug-likeness (QED) is 0.863. The zero-order chi connectivity index (χ0) is 16.1. The van der Waals surface area contributed by atoms with Crippen LogP contribution in [0.25, 0.3) is 0 Å². The van der Waals surface area contributed by atoms with Crippen LogP contribution in [0, 0.1) is 24.2 Å². The predicted molar refractivity (Wildman–Crippen MR) is 86.2 cm³/mol. The molecule has 0 unspecified atom stereocenters. The van der Waals surface area contributed by atoms with Gasteiger partial charge in [-0.25, -0.2) is 9.97 Å². The zero-order valence-electron chi connectivity index (χ0n) is 13.1. The zero-order valence-corrected chi connectivity index (χ0v) is 13.1. The average molecular weight is 309 g/mol. The number of pyridine rings is 1. The van der Waals surface area contributed by atoms with Crippen LogP contribution in [0.3, 0.4) is 0 Å². The second-order valence-electron chi connectivity index (χ2n) is 5.67. The third kappa shape index (κ3) is 3.57. The summed E-state index contributed by atoms with van der Waals surface area (Å²) >= 11 is 0. The van der Waals surface area contributed by atoms with E-state index >= 15 is 0 Å². The molecule has 0 bridgehead atoms. The molecule has 3 heterocycles. The molecule has 1 aliphatic heterocycles. The lowest BCUT2D eigenvalue weighted by Crippen LogP contribution is -2.36. The molecule has 6 nitrogen and oxygen atoms in total. The number of nitrogens with zero attached hydrogens (tertiary/aromatic N) is 5. The van der Waals surface area contributed by atoms with Crippen molar-refractivity contribution in [2.75, 3.05) is 24.6 Å². The van der Waals surface area contributed by atoms with Crippen LogP contribution < -0.4 is 9.64 Å². The third-order valence-electron chi connectivity index (χ3n) is 4.12. The van der Waals surface area contributed by atoms with Crippen LogP contribution >= 0.6 is 0 Å². The summed E-state index contributed by atoms with van der Waals surface area (Å²) in [6.07, 6.45) is 7.17. The predicted octanol–water partition coefficient (Wildman–Crippen LogP) is 2.35. The number of anilines is 1. The number of ether oxygens (including phenoxy) is 1. The van der Waals surface area contributed by atoms with Crippen molar-refractivity contribution < 1.29 is 4.74 Å². The van der Waals surface area contributed by atoms with Gasteiger partial charge in [0.2, 0.25) is 5.88 Å². The summed E-state index contributed by atoms with van der Waals surface area (Å²) in [6, 6.07) is 5.57. The molecule has 0 aromatic carbocycles. The van der Waals surface area contributed by atoms with Crippen molar-refractivity contribution in [3.05, 3.63) is 42.0 Å². The molecule has 6 heteroatoms. The molecule has 1 fully saturated rings. The van der Waals surface area contributed by atoms with Gasteiger partial charge >= 0.3 is 0 Å². The van der Waals surface area contributed by atoms with Gasteiger partial charge in [0, 0.05) is 31.7 Å².